The van der Waals surface area contributed by atoms with Crippen molar-refractivity contribution in [3.8, 4) is 0 Å². The molecule has 2 N–H and O–H groups in total. The van der Waals surface area contributed by atoms with E-state index in [1.54, 1.807) is 19.1 Å². The van der Waals surface area contributed by atoms with Crippen molar-refractivity contribution < 1.29 is 9.59 Å². The summed E-state index contributed by atoms with van der Waals surface area (Å²) >= 11 is 1.30. The van der Waals surface area contributed by atoms with E-state index >= 15 is 0 Å². The van der Waals surface area contributed by atoms with Crippen LogP contribution in [0.1, 0.15) is 57.1 Å². The molecule has 1 heterocycles. The molecule has 0 radical (unpaired) electrons. The molecule has 0 spiro atoms. The highest BCUT2D eigenvalue weighted by Crippen LogP contribution is 2.22. The second-order valence-corrected chi connectivity index (χ2v) is 7.59. The third-order valence-electron chi connectivity index (χ3n) is 3.41. The number of rotatable bonds is 2. The van der Waals surface area contributed by atoms with E-state index in [0.29, 0.717) is 16.1 Å². The van der Waals surface area contributed by atoms with Crippen molar-refractivity contribution in [3.05, 3.63) is 51.0 Å². The lowest BCUT2D eigenvalue weighted by Gasteiger charge is -2.19. The van der Waals surface area contributed by atoms with E-state index in [1.165, 1.54) is 11.3 Å². The summed E-state index contributed by atoms with van der Waals surface area (Å²) in [6.45, 7) is 9.94. The average Bonchev–Trinajstić information content (AvgIpc) is 2.82. The summed E-state index contributed by atoms with van der Waals surface area (Å²) in [6.07, 6.45) is 0. The fraction of sp³-hybridized carbons (Fsp3) is 0.353. The molecule has 0 fully saturated rings. The fourth-order valence-electron chi connectivity index (χ4n) is 2.11. The standard InChI is InChI=1S/C17H21N3O2S/c1-10-14(23-11(2)18-10)16(22)20-19-15(21)12-6-8-13(9-7-12)17(3,4)5/h6-9H,1-5H3,(H,19,21)(H,20,22). The van der Waals surface area contributed by atoms with E-state index in [2.05, 4.69) is 36.6 Å². The molecule has 2 amide bonds. The quantitative estimate of drug-likeness (QED) is 0.831. The molecule has 1 aromatic carbocycles. The second kappa shape index (κ2) is 6.50. The highest BCUT2D eigenvalue weighted by molar-refractivity contribution is 7.13. The number of hydrogen-bond acceptors (Lipinski definition) is 4. The molecule has 23 heavy (non-hydrogen) atoms. The van der Waals surface area contributed by atoms with Crippen LogP contribution in [0.4, 0.5) is 0 Å². The minimum Gasteiger partial charge on any atom is -0.267 e. The van der Waals surface area contributed by atoms with E-state index in [1.807, 2.05) is 19.1 Å². The number of carbonyl (C=O) groups is 2. The van der Waals surface area contributed by atoms with Crippen molar-refractivity contribution >= 4 is 23.2 Å². The first-order valence-corrected chi connectivity index (χ1v) is 8.15. The molecule has 1 aromatic heterocycles. The topological polar surface area (TPSA) is 71.1 Å². The summed E-state index contributed by atoms with van der Waals surface area (Å²) in [6, 6.07) is 7.36. The number of carbonyl (C=O) groups excluding carboxylic acids is 2. The maximum absolute atomic E-state index is 12.1. The van der Waals surface area contributed by atoms with Gasteiger partial charge < -0.3 is 0 Å². The van der Waals surface area contributed by atoms with Gasteiger partial charge >= 0.3 is 0 Å². The fourth-order valence-corrected chi connectivity index (χ4v) is 2.92. The van der Waals surface area contributed by atoms with Crippen LogP contribution in [-0.4, -0.2) is 16.8 Å². The summed E-state index contributed by atoms with van der Waals surface area (Å²) in [5.41, 5.74) is 7.20. The number of nitrogens with zero attached hydrogens (tertiary/aromatic N) is 1. The minimum atomic E-state index is -0.354. The number of hydrogen-bond donors (Lipinski definition) is 2. The molecule has 2 aromatic rings. The number of hydrazine groups is 1. The van der Waals surface area contributed by atoms with Gasteiger partial charge in [0.2, 0.25) is 0 Å². The molecule has 0 aliphatic carbocycles. The zero-order chi connectivity index (χ0) is 17.2. The first kappa shape index (κ1) is 17.1. The van der Waals surface area contributed by atoms with Gasteiger partial charge in [-0.3, -0.25) is 20.4 Å². The van der Waals surface area contributed by atoms with Crippen LogP contribution in [-0.2, 0) is 5.41 Å². The van der Waals surface area contributed by atoms with Crippen molar-refractivity contribution in [3.63, 3.8) is 0 Å². The third-order valence-corrected chi connectivity index (χ3v) is 4.48. The monoisotopic (exact) mass is 331 g/mol. The van der Waals surface area contributed by atoms with E-state index in [9.17, 15) is 9.59 Å². The predicted octanol–water partition coefficient (Wildman–Crippen LogP) is 3.13. The highest BCUT2D eigenvalue weighted by atomic mass is 32.1. The maximum Gasteiger partial charge on any atom is 0.281 e. The van der Waals surface area contributed by atoms with Crippen molar-refractivity contribution in [1.82, 2.24) is 15.8 Å². The summed E-state index contributed by atoms with van der Waals surface area (Å²) < 4.78 is 0. The molecule has 2 rings (SSSR count). The minimum absolute atomic E-state index is 0.0325. The Morgan fingerprint density at radius 3 is 2.04 bits per heavy atom. The SMILES string of the molecule is Cc1nc(C)c(C(=O)NNC(=O)c2ccc(C(C)(C)C)cc2)s1. The number of nitrogens with one attached hydrogen (secondary N) is 2. The Kier molecular flexibility index (Phi) is 4.85. The van der Waals surface area contributed by atoms with Crippen LogP contribution in [0.2, 0.25) is 0 Å². The van der Waals surface area contributed by atoms with Gasteiger partial charge in [0.05, 0.1) is 10.7 Å². The molecular weight excluding hydrogens is 310 g/mol. The summed E-state index contributed by atoms with van der Waals surface area (Å²) in [4.78, 5) is 28.8. The molecule has 5 nitrogen and oxygen atoms in total. The third kappa shape index (κ3) is 4.16. The van der Waals surface area contributed by atoms with Gasteiger partial charge in [0.15, 0.2) is 0 Å². The zero-order valence-corrected chi connectivity index (χ0v) is 14.8. The second-order valence-electron chi connectivity index (χ2n) is 6.38. The van der Waals surface area contributed by atoms with Crippen molar-refractivity contribution in [1.29, 1.82) is 0 Å². The Hall–Kier alpha value is -2.21. The molecule has 122 valence electrons. The Morgan fingerprint density at radius 2 is 1.57 bits per heavy atom. The molecule has 0 unspecified atom stereocenters. The summed E-state index contributed by atoms with van der Waals surface area (Å²) in [5.74, 6) is -0.703. The van der Waals surface area contributed by atoms with Crippen molar-refractivity contribution in [2.24, 2.45) is 0 Å². The highest BCUT2D eigenvalue weighted by Gasteiger charge is 2.16. The first-order valence-electron chi connectivity index (χ1n) is 7.34. The molecule has 0 aliphatic heterocycles. The van der Waals surface area contributed by atoms with Crippen molar-refractivity contribution in [2.75, 3.05) is 0 Å². The van der Waals surface area contributed by atoms with Gasteiger partial charge in [-0.15, -0.1) is 11.3 Å². The lowest BCUT2D eigenvalue weighted by Crippen LogP contribution is -2.41. The molecular formula is C17H21N3O2S. The lowest BCUT2D eigenvalue weighted by molar-refractivity contribution is 0.0848. The van der Waals surface area contributed by atoms with E-state index in [-0.39, 0.29) is 17.2 Å². The number of amides is 2. The van der Waals surface area contributed by atoms with Crippen LogP contribution in [0.15, 0.2) is 24.3 Å². The van der Waals surface area contributed by atoms with Gasteiger partial charge in [-0.1, -0.05) is 32.9 Å². The number of thiazole rings is 1. The first-order chi connectivity index (χ1) is 10.7. The van der Waals surface area contributed by atoms with Crippen molar-refractivity contribution in [2.45, 2.75) is 40.0 Å². The molecule has 0 aliphatic rings. The van der Waals surface area contributed by atoms with Gasteiger partial charge in [-0.25, -0.2) is 4.98 Å². The Labute approximate surface area is 140 Å². The van der Waals surface area contributed by atoms with Crippen LogP contribution in [0.25, 0.3) is 0 Å². The van der Waals surface area contributed by atoms with Gasteiger partial charge in [-0.2, -0.15) is 0 Å². The van der Waals surface area contributed by atoms with E-state index in [0.717, 1.165) is 10.6 Å². The van der Waals surface area contributed by atoms with Gasteiger partial charge in [-0.05, 0) is 37.0 Å². The van der Waals surface area contributed by atoms with Crippen LogP contribution < -0.4 is 10.9 Å². The van der Waals surface area contributed by atoms with Gasteiger partial charge in [0.25, 0.3) is 11.8 Å². The number of aromatic nitrogens is 1. The molecule has 0 bridgehead atoms. The largest absolute Gasteiger partial charge is 0.281 e. The van der Waals surface area contributed by atoms with Crippen LogP contribution in [0, 0.1) is 13.8 Å². The van der Waals surface area contributed by atoms with Gasteiger partial charge in [0.1, 0.15) is 4.88 Å². The van der Waals surface area contributed by atoms with E-state index < -0.39 is 0 Å². The normalized spacial score (nSPS) is 11.2. The lowest BCUT2D eigenvalue weighted by atomic mass is 9.87. The maximum atomic E-state index is 12.1. The van der Waals surface area contributed by atoms with E-state index in [4.69, 9.17) is 0 Å². The van der Waals surface area contributed by atoms with Crippen LogP contribution in [0.3, 0.4) is 0 Å². The van der Waals surface area contributed by atoms with Crippen LogP contribution >= 0.6 is 11.3 Å². The molecule has 0 saturated carbocycles. The zero-order valence-electron chi connectivity index (χ0n) is 14.0. The molecule has 6 heteroatoms. The summed E-state index contributed by atoms with van der Waals surface area (Å²) in [7, 11) is 0. The number of aryl methyl sites for hydroxylation is 2. The van der Waals surface area contributed by atoms with Crippen LogP contribution in [0.5, 0.6) is 0 Å². The predicted molar refractivity (Wildman–Crippen MR) is 91.7 cm³/mol. The summed E-state index contributed by atoms with van der Waals surface area (Å²) in [5, 5.41) is 0.816. The smallest absolute Gasteiger partial charge is 0.267 e. The average molecular weight is 331 g/mol. The molecule has 0 atom stereocenters. The Morgan fingerprint density at radius 1 is 1.00 bits per heavy atom. The Bertz CT molecular complexity index is 727. The Balaban J connectivity index is 2.00. The van der Waals surface area contributed by atoms with Gasteiger partial charge in [0, 0.05) is 5.56 Å². The number of benzene rings is 1. The molecule has 0 saturated heterocycles.